The maximum absolute atomic E-state index is 14.2. The Morgan fingerprint density at radius 1 is 1.05 bits per heavy atom. The second-order valence-corrected chi connectivity index (χ2v) is 5.85. The normalized spacial score (nSPS) is 12.7. The van der Waals surface area contributed by atoms with E-state index in [0.29, 0.717) is 16.5 Å². The zero-order valence-electron chi connectivity index (χ0n) is 12.7. The van der Waals surface area contributed by atoms with Gasteiger partial charge < -0.3 is 5.32 Å². The third kappa shape index (κ3) is 3.63. The lowest BCUT2D eigenvalue weighted by Crippen LogP contribution is -2.23. The summed E-state index contributed by atoms with van der Waals surface area (Å²) >= 11 is 6.21. The van der Waals surface area contributed by atoms with E-state index in [4.69, 9.17) is 11.6 Å². The first kappa shape index (κ1) is 16.0. The first-order valence-electron chi connectivity index (χ1n) is 7.31. The Morgan fingerprint density at radius 3 is 2.19 bits per heavy atom. The minimum atomic E-state index is -0.276. The quantitative estimate of drug-likeness (QED) is 0.790. The third-order valence-corrected chi connectivity index (χ3v) is 3.96. The van der Waals surface area contributed by atoms with Gasteiger partial charge in [-0.2, -0.15) is 0 Å². The minimum absolute atomic E-state index is 0.232. The number of hydrogen-bond acceptors (Lipinski definition) is 1. The molecule has 1 N–H and O–H groups in total. The fourth-order valence-electron chi connectivity index (χ4n) is 2.45. The highest BCUT2D eigenvalue weighted by molar-refractivity contribution is 6.31. The van der Waals surface area contributed by atoms with Crippen molar-refractivity contribution in [3.63, 3.8) is 0 Å². The number of nitrogens with one attached hydrogen (secondary N) is 1. The van der Waals surface area contributed by atoms with Gasteiger partial charge in [-0.3, -0.25) is 0 Å². The summed E-state index contributed by atoms with van der Waals surface area (Å²) in [5.74, 6) is 0.204. The van der Waals surface area contributed by atoms with Crippen LogP contribution in [0.1, 0.15) is 49.4 Å². The number of halogens is 2. The zero-order valence-corrected chi connectivity index (χ0v) is 13.4. The Kier molecular flexibility index (Phi) is 5.38. The van der Waals surface area contributed by atoms with Crippen LogP contribution in [-0.2, 0) is 0 Å². The first-order chi connectivity index (χ1) is 10.0. The van der Waals surface area contributed by atoms with Gasteiger partial charge >= 0.3 is 0 Å². The van der Waals surface area contributed by atoms with E-state index >= 15 is 0 Å². The van der Waals surface area contributed by atoms with Crippen molar-refractivity contribution < 1.29 is 4.39 Å². The second-order valence-electron chi connectivity index (χ2n) is 5.45. The highest BCUT2D eigenvalue weighted by Crippen LogP contribution is 2.31. The van der Waals surface area contributed by atoms with Crippen LogP contribution in [0.3, 0.4) is 0 Å². The van der Waals surface area contributed by atoms with Gasteiger partial charge in [0, 0.05) is 10.6 Å². The molecule has 0 saturated heterocycles. The summed E-state index contributed by atoms with van der Waals surface area (Å²) < 4.78 is 14.2. The van der Waals surface area contributed by atoms with Gasteiger partial charge in [-0.25, -0.2) is 4.39 Å². The Bertz CT molecular complexity index is 572. The van der Waals surface area contributed by atoms with E-state index in [9.17, 15) is 4.39 Å². The first-order valence-corrected chi connectivity index (χ1v) is 7.69. The van der Waals surface area contributed by atoms with Gasteiger partial charge in [0.05, 0.1) is 6.04 Å². The lowest BCUT2D eigenvalue weighted by Gasteiger charge is -2.21. The molecule has 0 aromatic heterocycles. The van der Waals surface area contributed by atoms with Crippen molar-refractivity contribution in [2.24, 2.45) is 0 Å². The Morgan fingerprint density at radius 2 is 1.67 bits per heavy atom. The molecule has 1 atom stereocenters. The van der Waals surface area contributed by atoms with E-state index in [1.54, 1.807) is 12.1 Å². The molecule has 2 rings (SSSR count). The molecule has 0 radical (unpaired) electrons. The van der Waals surface area contributed by atoms with Crippen LogP contribution in [0.4, 0.5) is 4.39 Å². The molecule has 3 heteroatoms. The van der Waals surface area contributed by atoms with E-state index in [1.165, 1.54) is 11.6 Å². The molecule has 0 aliphatic rings. The second kappa shape index (κ2) is 7.06. The molecular weight excluding hydrogens is 285 g/mol. The van der Waals surface area contributed by atoms with Crippen molar-refractivity contribution in [2.45, 2.75) is 32.7 Å². The molecule has 0 bridgehead atoms. The molecule has 112 valence electrons. The fraction of sp³-hybridized carbons (Fsp3) is 0.333. The average Bonchev–Trinajstić information content (AvgIpc) is 2.46. The molecule has 1 nitrogen and oxygen atoms in total. The number of hydrogen-bond donors (Lipinski definition) is 1. The van der Waals surface area contributed by atoms with Crippen molar-refractivity contribution in [2.75, 3.05) is 6.54 Å². The van der Waals surface area contributed by atoms with Crippen molar-refractivity contribution in [3.8, 4) is 0 Å². The summed E-state index contributed by atoms with van der Waals surface area (Å²) in [6.07, 6.45) is 0. The lowest BCUT2D eigenvalue weighted by atomic mass is 9.95. The van der Waals surface area contributed by atoms with Crippen LogP contribution in [-0.4, -0.2) is 6.54 Å². The highest BCUT2D eigenvalue weighted by atomic mass is 35.5. The van der Waals surface area contributed by atoms with Crippen molar-refractivity contribution >= 4 is 11.6 Å². The number of rotatable bonds is 5. The Labute approximate surface area is 131 Å². The van der Waals surface area contributed by atoms with Crippen molar-refractivity contribution in [1.82, 2.24) is 5.32 Å². The molecule has 0 spiro atoms. The van der Waals surface area contributed by atoms with Crippen molar-refractivity contribution in [1.29, 1.82) is 0 Å². The zero-order chi connectivity index (χ0) is 15.4. The molecule has 0 aliphatic heterocycles. The molecule has 1 unspecified atom stereocenters. The van der Waals surface area contributed by atoms with Crippen LogP contribution in [0, 0.1) is 5.82 Å². The summed E-state index contributed by atoms with van der Waals surface area (Å²) in [5, 5.41) is 3.77. The number of benzene rings is 2. The summed E-state index contributed by atoms with van der Waals surface area (Å²) in [5.41, 5.74) is 2.81. The van der Waals surface area contributed by atoms with Crippen LogP contribution in [0.15, 0.2) is 42.5 Å². The van der Waals surface area contributed by atoms with E-state index in [2.05, 4.69) is 31.3 Å². The summed E-state index contributed by atoms with van der Waals surface area (Å²) in [4.78, 5) is 0. The molecule has 0 heterocycles. The maximum Gasteiger partial charge on any atom is 0.129 e. The van der Waals surface area contributed by atoms with Crippen LogP contribution >= 0.6 is 11.6 Å². The van der Waals surface area contributed by atoms with Gasteiger partial charge in [-0.15, -0.1) is 0 Å². The molecule has 0 saturated carbocycles. The molecule has 0 fully saturated rings. The van der Waals surface area contributed by atoms with Gasteiger partial charge in [-0.1, -0.05) is 62.7 Å². The maximum atomic E-state index is 14.2. The largest absolute Gasteiger partial charge is 0.306 e. The minimum Gasteiger partial charge on any atom is -0.306 e. The average molecular weight is 306 g/mol. The molecule has 0 aliphatic carbocycles. The fourth-order valence-corrected chi connectivity index (χ4v) is 2.72. The van der Waals surface area contributed by atoms with E-state index < -0.39 is 0 Å². The van der Waals surface area contributed by atoms with E-state index in [0.717, 1.165) is 12.1 Å². The predicted octanol–water partition coefficient (Wildman–Crippen LogP) is 5.30. The highest BCUT2D eigenvalue weighted by Gasteiger charge is 2.20. The molecule has 0 amide bonds. The van der Waals surface area contributed by atoms with E-state index in [-0.39, 0.29) is 11.9 Å². The van der Waals surface area contributed by atoms with Crippen LogP contribution in [0.5, 0.6) is 0 Å². The molecule has 2 aromatic carbocycles. The van der Waals surface area contributed by atoms with Gasteiger partial charge in [0.2, 0.25) is 0 Å². The van der Waals surface area contributed by atoms with Crippen LogP contribution in [0.25, 0.3) is 0 Å². The van der Waals surface area contributed by atoms with Gasteiger partial charge in [-0.05, 0) is 35.7 Å². The van der Waals surface area contributed by atoms with Gasteiger partial charge in [0.15, 0.2) is 0 Å². The smallest absolute Gasteiger partial charge is 0.129 e. The van der Waals surface area contributed by atoms with Crippen LogP contribution < -0.4 is 5.32 Å². The summed E-state index contributed by atoms with van der Waals surface area (Å²) in [6, 6.07) is 12.9. The Hall–Kier alpha value is -1.38. The van der Waals surface area contributed by atoms with Gasteiger partial charge in [0.25, 0.3) is 0 Å². The Balaban J connectivity index is 2.43. The monoisotopic (exact) mass is 305 g/mol. The topological polar surface area (TPSA) is 12.0 Å². The molecule has 21 heavy (non-hydrogen) atoms. The molecular formula is C18H21ClFN. The van der Waals surface area contributed by atoms with E-state index in [1.807, 2.05) is 19.1 Å². The SMILES string of the molecule is CCNC(c1ccc(C(C)C)cc1)c1c(F)cccc1Cl. The summed E-state index contributed by atoms with van der Waals surface area (Å²) in [7, 11) is 0. The summed E-state index contributed by atoms with van der Waals surface area (Å²) in [6.45, 7) is 7.06. The molecule has 2 aromatic rings. The standard InChI is InChI=1S/C18H21ClFN/c1-4-21-18(17-15(19)6-5-7-16(17)20)14-10-8-13(9-11-14)12(2)3/h5-12,18,21H,4H2,1-3H3. The third-order valence-electron chi connectivity index (χ3n) is 3.63. The van der Waals surface area contributed by atoms with Crippen molar-refractivity contribution in [3.05, 3.63) is 70.0 Å². The van der Waals surface area contributed by atoms with Gasteiger partial charge in [0.1, 0.15) is 5.82 Å². The predicted molar refractivity (Wildman–Crippen MR) is 87.5 cm³/mol. The van der Waals surface area contributed by atoms with Crippen LogP contribution in [0.2, 0.25) is 5.02 Å². The lowest BCUT2D eigenvalue weighted by molar-refractivity contribution is 0.559.